The van der Waals surface area contributed by atoms with Crippen LogP contribution in [0.4, 0.5) is 11.4 Å². The second-order valence-electron chi connectivity index (χ2n) is 9.67. The van der Waals surface area contributed by atoms with Crippen molar-refractivity contribution in [2.75, 3.05) is 16.7 Å². The van der Waals surface area contributed by atoms with Crippen molar-refractivity contribution < 1.29 is 10.0 Å². The molecule has 2 unspecified atom stereocenters. The van der Waals surface area contributed by atoms with Crippen molar-refractivity contribution in [3.05, 3.63) is 93.3 Å². The zero-order valence-electron chi connectivity index (χ0n) is 19.1. The maximum atomic E-state index is 13.6. The van der Waals surface area contributed by atoms with E-state index in [2.05, 4.69) is 15.2 Å². The zero-order chi connectivity index (χ0) is 24.1. The number of pyridine rings is 2. The third-order valence-electron chi connectivity index (χ3n) is 7.72. The molecule has 3 aliphatic rings. The van der Waals surface area contributed by atoms with E-state index in [1.807, 2.05) is 41.0 Å². The van der Waals surface area contributed by atoms with E-state index in [-0.39, 0.29) is 46.2 Å². The van der Waals surface area contributed by atoms with E-state index in [9.17, 15) is 20.0 Å². The van der Waals surface area contributed by atoms with E-state index in [0.717, 1.165) is 29.1 Å². The highest BCUT2D eigenvalue weighted by molar-refractivity contribution is 5.82. The molecule has 1 fully saturated rings. The molecule has 0 spiro atoms. The average molecular weight is 473 g/mol. The van der Waals surface area contributed by atoms with Gasteiger partial charge < -0.3 is 25.2 Å². The second kappa shape index (κ2) is 8.51. The predicted molar refractivity (Wildman–Crippen MR) is 130 cm³/mol. The van der Waals surface area contributed by atoms with Crippen molar-refractivity contribution in [1.82, 2.24) is 14.9 Å². The van der Waals surface area contributed by atoms with Gasteiger partial charge in [-0.1, -0.05) is 12.1 Å². The minimum atomic E-state index is -0.368. The molecule has 2 bridgehead atoms. The monoisotopic (exact) mass is 472 g/mol. The maximum Gasteiger partial charge on any atom is 0.250 e. The summed E-state index contributed by atoms with van der Waals surface area (Å²) in [6.07, 6.45) is 3.07. The van der Waals surface area contributed by atoms with Crippen molar-refractivity contribution in [1.29, 1.82) is 0 Å². The Hall–Kier alpha value is -3.69. The van der Waals surface area contributed by atoms with Crippen molar-refractivity contribution in [2.45, 2.75) is 37.9 Å². The molecule has 2 aromatic heterocycles. The largest absolute Gasteiger partial charge is 0.733 e. The topological polar surface area (TPSA) is 114 Å². The number of hydrogen-bond acceptors (Lipinski definition) is 7. The summed E-state index contributed by atoms with van der Waals surface area (Å²) in [6, 6.07) is 16.1. The number of benzene rings is 1. The van der Waals surface area contributed by atoms with E-state index in [1.165, 1.54) is 0 Å². The van der Waals surface area contributed by atoms with Crippen LogP contribution in [0.25, 0.3) is 0 Å². The number of nitrogens with zero attached hydrogens (tertiary/aromatic N) is 4. The van der Waals surface area contributed by atoms with Crippen molar-refractivity contribution in [2.24, 2.45) is 11.8 Å². The Bertz CT molecular complexity index is 1320. The van der Waals surface area contributed by atoms with Crippen LogP contribution in [0.3, 0.4) is 0 Å². The Kier molecular flexibility index (Phi) is 5.31. The van der Waals surface area contributed by atoms with Crippen LogP contribution in [0.15, 0.2) is 65.6 Å². The number of carbonyl (C=O) groups excluding carboxylic acids is 1. The van der Waals surface area contributed by atoms with Gasteiger partial charge in [0.2, 0.25) is 5.91 Å². The lowest BCUT2D eigenvalue weighted by Crippen LogP contribution is -2.61. The third-order valence-corrected chi connectivity index (χ3v) is 7.72. The van der Waals surface area contributed by atoms with Gasteiger partial charge in [0.05, 0.1) is 23.8 Å². The zero-order valence-corrected chi connectivity index (χ0v) is 19.1. The Morgan fingerprint density at radius 3 is 2.86 bits per heavy atom. The molecule has 5 heterocycles. The van der Waals surface area contributed by atoms with E-state index >= 15 is 0 Å². The average Bonchev–Trinajstić information content (AvgIpc) is 2.87. The number of piperidine rings is 1. The number of anilines is 2. The number of aromatic nitrogens is 2. The fraction of sp³-hybridized carbons (Fsp3) is 0.346. The number of fused-ring (bicyclic) bond motifs is 8. The van der Waals surface area contributed by atoms with Crippen molar-refractivity contribution >= 4 is 17.3 Å². The molecule has 3 aromatic rings. The molecule has 0 saturated carbocycles. The molecule has 9 nitrogen and oxygen atoms in total. The van der Waals surface area contributed by atoms with Crippen LogP contribution in [-0.4, -0.2) is 33.3 Å². The number of rotatable bonds is 4. The molecule has 180 valence electrons. The molecule has 2 N–H and O–H groups in total. The van der Waals surface area contributed by atoms with Crippen molar-refractivity contribution in [3.8, 4) is 0 Å². The van der Waals surface area contributed by atoms with Gasteiger partial charge in [-0.05, 0) is 60.7 Å². The standard InChI is InChI=1S/C26H26N5O4/c32-24-6-3-5-22-17-10-18(15-29(22)24)25-21(26(33)28-13-19-4-1-2-9-27-19)12-16-11-20(31(34)35)7-8-23(16)30(25)14-17/h1-9,11,17-18,21,25,34H,10,12-15H2,(H,28,33)/q-1/t17?,18?,21-,25+/m1/s1. The van der Waals surface area contributed by atoms with Gasteiger partial charge in [0.15, 0.2) is 0 Å². The number of amides is 1. The number of nitrogens with one attached hydrogen (secondary N) is 1. The minimum Gasteiger partial charge on any atom is -0.733 e. The number of carbonyl (C=O) groups is 1. The van der Waals surface area contributed by atoms with E-state index in [0.29, 0.717) is 26.1 Å². The molecule has 0 aliphatic carbocycles. The van der Waals surface area contributed by atoms with E-state index < -0.39 is 0 Å². The van der Waals surface area contributed by atoms with E-state index in [4.69, 9.17) is 0 Å². The summed E-state index contributed by atoms with van der Waals surface area (Å²) in [6.45, 7) is 1.59. The van der Waals surface area contributed by atoms with Crippen LogP contribution in [0.1, 0.15) is 29.3 Å². The lowest BCUT2D eigenvalue weighted by molar-refractivity contribution is -0.126. The molecule has 9 heteroatoms. The molecular formula is C26H26N5O4-. The normalized spacial score (nSPS) is 24.1. The van der Waals surface area contributed by atoms with E-state index in [1.54, 1.807) is 24.4 Å². The van der Waals surface area contributed by atoms with Gasteiger partial charge in [-0.15, -0.1) is 0 Å². The molecule has 3 aliphatic heterocycles. The highest BCUT2D eigenvalue weighted by Gasteiger charge is 2.49. The quantitative estimate of drug-likeness (QED) is 0.561. The summed E-state index contributed by atoms with van der Waals surface area (Å²) in [4.78, 5) is 32.8. The first kappa shape index (κ1) is 21.8. The van der Waals surface area contributed by atoms with Gasteiger partial charge >= 0.3 is 0 Å². The summed E-state index contributed by atoms with van der Waals surface area (Å²) >= 11 is 0. The van der Waals surface area contributed by atoms with Gasteiger partial charge in [-0.2, -0.15) is 0 Å². The summed E-state index contributed by atoms with van der Waals surface area (Å²) in [7, 11) is 0. The summed E-state index contributed by atoms with van der Waals surface area (Å²) in [5.74, 6) is -0.134. The molecule has 1 amide bonds. The Labute approximate surface area is 202 Å². The fourth-order valence-corrected chi connectivity index (χ4v) is 6.27. The van der Waals surface area contributed by atoms with Crippen LogP contribution in [0.5, 0.6) is 0 Å². The summed E-state index contributed by atoms with van der Waals surface area (Å²) < 4.78 is 1.87. The van der Waals surface area contributed by atoms with Crippen molar-refractivity contribution in [3.63, 3.8) is 0 Å². The van der Waals surface area contributed by atoms with Crippen LogP contribution in [0, 0.1) is 17.0 Å². The highest BCUT2D eigenvalue weighted by Crippen LogP contribution is 2.47. The second-order valence-corrected chi connectivity index (χ2v) is 9.67. The Balaban J connectivity index is 1.38. The maximum absolute atomic E-state index is 13.6. The lowest BCUT2D eigenvalue weighted by atomic mass is 9.70. The van der Waals surface area contributed by atoms with Crippen LogP contribution in [0.2, 0.25) is 0 Å². The first-order chi connectivity index (χ1) is 17.0. The van der Waals surface area contributed by atoms with Gasteiger partial charge in [0.1, 0.15) is 0 Å². The first-order valence-corrected chi connectivity index (χ1v) is 11.9. The fourth-order valence-electron chi connectivity index (χ4n) is 6.27. The molecular weight excluding hydrogens is 446 g/mol. The smallest absolute Gasteiger partial charge is 0.250 e. The summed E-state index contributed by atoms with van der Waals surface area (Å²) in [5, 5.41) is 23.9. The van der Waals surface area contributed by atoms with Crippen LogP contribution < -0.4 is 21.0 Å². The van der Waals surface area contributed by atoms with Gasteiger partial charge in [0.25, 0.3) is 5.56 Å². The number of hydrogen-bond donors (Lipinski definition) is 2. The van der Waals surface area contributed by atoms with Crippen LogP contribution >= 0.6 is 0 Å². The van der Waals surface area contributed by atoms with Gasteiger partial charge in [0, 0.05) is 48.7 Å². The lowest BCUT2D eigenvalue weighted by Gasteiger charge is -2.54. The third kappa shape index (κ3) is 3.77. The molecule has 1 saturated heterocycles. The molecule has 1 aromatic carbocycles. The minimum absolute atomic E-state index is 0.00105. The highest BCUT2D eigenvalue weighted by atomic mass is 16.8. The Morgan fingerprint density at radius 1 is 1.17 bits per heavy atom. The molecule has 4 atom stereocenters. The molecule has 0 radical (unpaired) electrons. The van der Waals surface area contributed by atoms with Gasteiger partial charge in [-0.25, -0.2) is 0 Å². The summed E-state index contributed by atoms with van der Waals surface area (Å²) in [5.41, 5.74) is 3.80. The SMILES string of the molecule is O=C(NCc1ccccn1)[C@@H]1Cc2cc(N([O-])O)ccc2N2CC3CC(Cn4c3cccc4=O)[C@@H]12. The van der Waals surface area contributed by atoms with Crippen LogP contribution in [-0.2, 0) is 24.3 Å². The molecule has 35 heavy (non-hydrogen) atoms. The first-order valence-electron chi connectivity index (χ1n) is 11.9. The predicted octanol–water partition coefficient (Wildman–Crippen LogP) is 2.42. The molecule has 6 rings (SSSR count). The Morgan fingerprint density at radius 2 is 2.06 bits per heavy atom. The van der Waals surface area contributed by atoms with Gasteiger partial charge in [-0.3, -0.25) is 19.8 Å².